The van der Waals surface area contributed by atoms with Gasteiger partial charge in [0.1, 0.15) is 0 Å². The summed E-state index contributed by atoms with van der Waals surface area (Å²) < 4.78 is 1.74. The third-order valence-electron chi connectivity index (χ3n) is 4.25. The van der Waals surface area contributed by atoms with Gasteiger partial charge in [0.15, 0.2) is 0 Å². The normalized spacial score (nSPS) is 18.9. The number of halogens is 2. The second-order valence-electron chi connectivity index (χ2n) is 6.18. The van der Waals surface area contributed by atoms with Gasteiger partial charge in [0.25, 0.3) is 0 Å². The first-order valence-corrected chi connectivity index (χ1v) is 8.39. The fourth-order valence-corrected chi connectivity index (χ4v) is 3.22. The fraction of sp³-hybridized carbons (Fsp3) is 0.353. The topological polar surface area (TPSA) is 88.1 Å². The molecule has 3 rings (SSSR count). The number of benzene rings is 1. The number of aryl methyl sites for hydroxylation is 1. The van der Waals surface area contributed by atoms with Crippen molar-refractivity contribution in [3.63, 3.8) is 0 Å². The minimum Gasteiger partial charge on any atom is -0.326 e. The molecule has 1 aromatic heterocycles. The van der Waals surface area contributed by atoms with Crippen molar-refractivity contribution in [3.05, 3.63) is 41.2 Å². The first kappa shape index (κ1) is 20.2. The number of anilines is 2. The van der Waals surface area contributed by atoms with E-state index in [4.69, 9.17) is 11.6 Å². The van der Waals surface area contributed by atoms with Gasteiger partial charge in [-0.1, -0.05) is 11.6 Å². The van der Waals surface area contributed by atoms with Crippen molar-refractivity contribution in [3.8, 4) is 0 Å². The predicted octanol–water partition coefficient (Wildman–Crippen LogP) is 2.40. The summed E-state index contributed by atoms with van der Waals surface area (Å²) in [7, 11) is 1.86. The Morgan fingerprint density at radius 2 is 2.08 bits per heavy atom. The number of nitrogens with one attached hydrogen (secondary N) is 3. The van der Waals surface area contributed by atoms with Crippen molar-refractivity contribution in [2.45, 2.75) is 12.8 Å². The van der Waals surface area contributed by atoms with Crippen LogP contribution in [0.5, 0.6) is 0 Å². The number of carbonyl (C=O) groups excluding carboxylic acids is 2. The molecule has 140 valence electrons. The number of nitrogens with zero attached hydrogens (tertiary/aromatic N) is 2. The molecule has 2 heterocycles. The molecule has 0 spiro atoms. The van der Waals surface area contributed by atoms with Crippen LogP contribution in [0.3, 0.4) is 0 Å². The summed E-state index contributed by atoms with van der Waals surface area (Å²) in [5, 5.41) is 13.4. The first-order valence-electron chi connectivity index (χ1n) is 8.01. The summed E-state index contributed by atoms with van der Waals surface area (Å²) in [6.07, 6.45) is 3.74. The number of rotatable bonds is 4. The predicted molar refractivity (Wildman–Crippen MR) is 104 cm³/mol. The molecule has 0 unspecified atom stereocenters. The average Bonchev–Trinajstić information content (AvgIpc) is 3.18. The van der Waals surface area contributed by atoms with Gasteiger partial charge in [-0.05, 0) is 23.8 Å². The van der Waals surface area contributed by atoms with E-state index in [1.807, 2.05) is 13.2 Å². The monoisotopic (exact) mass is 397 g/mol. The Balaban J connectivity index is 0.00000243. The molecule has 9 heteroatoms. The highest BCUT2D eigenvalue weighted by Gasteiger charge is 2.34. The van der Waals surface area contributed by atoms with Crippen LogP contribution in [0.15, 0.2) is 30.6 Å². The van der Waals surface area contributed by atoms with Crippen LogP contribution in [0, 0.1) is 5.92 Å². The van der Waals surface area contributed by atoms with Gasteiger partial charge in [-0.25, -0.2) is 0 Å². The molecule has 1 aliphatic heterocycles. The zero-order chi connectivity index (χ0) is 18.0. The van der Waals surface area contributed by atoms with Crippen molar-refractivity contribution >= 4 is 47.2 Å². The summed E-state index contributed by atoms with van der Waals surface area (Å²) in [5.74, 6) is -0.406. The lowest BCUT2D eigenvalue weighted by Crippen LogP contribution is -2.28. The maximum absolute atomic E-state index is 12.7. The Hall–Kier alpha value is -2.09. The maximum atomic E-state index is 12.7. The van der Waals surface area contributed by atoms with E-state index < -0.39 is 0 Å². The highest BCUT2D eigenvalue weighted by molar-refractivity contribution is 6.33. The SMILES string of the molecule is CC(=O)Nc1cc(NC(=O)[C@H]2CNC[C@@H]2c2cnn(C)c2)ccc1Cl.Cl. The smallest absolute Gasteiger partial charge is 0.229 e. The van der Waals surface area contributed by atoms with Gasteiger partial charge in [-0.2, -0.15) is 5.10 Å². The molecule has 2 amide bonds. The molecule has 1 saturated heterocycles. The van der Waals surface area contributed by atoms with Crippen molar-refractivity contribution in [1.82, 2.24) is 15.1 Å². The zero-order valence-corrected chi connectivity index (χ0v) is 16.0. The van der Waals surface area contributed by atoms with E-state index in [2.05, 4.69) is 21.0 Å². The zero-order valence-electron chi connectivity index (χ0n) is 14.5. The lowest BCUT2D eigenvalue weighted by Gasteiger charge is -2.17. The largest absolute Gasteiger partial charge is 0.326 e. The van der Waals surface area contributed by atoms with Gasteiger partial charge in [-0.3, -0.25) is 14.3 Å². The molecule has 7 nitrogen and oxygen atoms in total. The molecule has 3 N–H and O–H groups in total. The summed E-state index contributed by atoms with van der Waals surface area (Å²) in [4.78, 5) is 24.0. The molecule has 1 aliphatic rings. The number of hydrogen-bond acceptors (Lipinski definition) is 4. The van der Waals surface area contributed by atoms with Gasteiger partial charge in [-0.15, -0.1) is 12.4 Å². The summed E-state index contributed by atoms with van der Waals surface area (Å²) in [5.41, 5.74) is 2.11. The molecule has 1 fully saturated rings. The van der Waals surface area contributed by atoms with Crippen LogP contribution in [0.25, 0.3) is 0 Å². The van der Waals surface area contributed by atoms with E-state index in [1.54, 1.807) is 29.1 Å². The van der Waals surface area contributed by atoms with Crippen molar-refractivity contribution in [2.24, 2.45) is 13.0 Å². The second-order valence-corrected chi connectivity index (χ2v) is 6.59. The summed E-state index contributed by atoms with van der Waals surface area (Å²) in [6, 6.07) is 5.02. The minimum atomic E-state index is -0.220. The molecule has 0 aliphatic carbocycles. The van der Waals surface area contributed by atoms with Crippen LogP contribution in [0.2, 0.25) is 5.02 Å². The third-order valence-corrected chi connectivity index (χ3v) is 4.58. The van der Waals surface area contributed by atoms with Crippen LogP contribution in [0.4, 0.5) is 11.4 Å². The van der Waals surface area contributed by atoms with Crippen LogP contribution < -0.4 is 16.0 Å². The molecule has 26 heavy (non-hydrogen) atoms. The van der Waals surface area contributed by atoms with Gasteiger partial charge < -0.3 is 16.0 Å². The molecule has 2 aromatic rings. The molecule has 0 saturated carbocycles. The van der Waals surface area contributed by atoms with Crippen LogP contribution >= 0.6 is 24.0 Å². The van der Waals surface area contributed by atoms with Crippen LogP contribution in [-0.2, 0) is 16.6 Å². The molecule has 0 radical (unpaired) electrons. The van der Waals surface area contributed by atoms with Gasteiger partial charge in [0.05, 0.1) is 22.8 Å². The van der Waals surface area contributed by atoms with Crippen molar-refractivity contribution < 1.29 is 9.59 Å². The maximum Gasteiger partial charge on any atom is 0.229 e. The highest BCUT2D eigenvalue weighted by Crippen LogP contribution is 2.30. The van der Waals surface area contributed by atoms with Crippen LogP contribution in [0.1, 0.15) is 18.4 Å². The molecule has 1 aromatic carbocycles. The minimum absolute atomic E-state index is 0. The average molecular weight is 398 g/mol. The third kappa shape index (κ3) is 4.55. The Morgan fingerprint density at radius 3 is 2.73 bits per heavy atom. The lowest BCUT2D eigenvalue weighted by molar-refractivity contribution is -0.119. The van der Waals surface area contributed by atoms with E-state index in [-0.39, 0.29) is 36.1 Å². The Kier molecular flexibility index (Phi) is 6.63. The number of hydrogen-bond donors (Lipinski definition) is 3. The molecular weight excluding hydrogens is 377 g/mol. The Morgan fingerprint density at radius 1 is 1.31 bits per heavy atom. The van der Waals surface area contributed by atoms with Gasteiger partial charge in [0.2, 0.25) is 11.8 Å². The van der Waals surface area contributed by atoms with E-state index in [9.17, 15) is 9.59 Å². The highest BCUT2D eigenvalue weighted by atomic mass is 35.5. The van der Waals surface area contributed by atoms with Crippen molar-refractivity contribution in [1.29, 1.82) is 0 Å². The number of aromatic nitrogens is 2. The fourth-order valence-electron chi connectivity index (χ4n) is 3.06. The molecular formula is C17H21Cl2N5O2. The van der Waals surface area contributed by atoms with Crippen molar-refractivity contribution in [2.75, 3.05) is 23.7 Å². The van der Waals surface area contributed by atoms with E-state index in [1.165, 1.54) is 6.92 Å². The van der Waals surface area contributed by atoms with Gasteiger partial charge >= 0.3 is 0 Å². The van der Waals surface area contributed by atoms with E-state index in [0.29, 0.717) is 22.9 Å². The number of amides is 2. The second kappa shape index (κ2) is 8.53. The summed E-state index contributed by atoms with van der Waals surface area (Å²) in [6.45, 7) is 2.75. The van der Waals surface area contributed by atoms with E-state index in [0.717, 1.165) is 12.1 Å². The number of carbonyl (C=O) groups is 2. The Labute approximate surface area is 162 Å². The lowest BCUT2D eigenvalue weighted by atomic mass is 9.90. The van der Waals surface area contributed by atoms with Gasteiger partial charge in [0, 0.05) is 44.9 Å². The van der Waals surface area contributed by atoms with Crippen LogP contribution in [-0.4, -0.2) is 34.7 Å². The Bertz CT molecular complexity index is 808. The summed E-state index contributed by atoms with van der Waals surface area (Å²) >= 11 is 6.06. The quantitative estimate of drug-likeness (QED) is 0.738. The molecule has 0 bridgehead atoms. The van der Waals surface area contributed by atoms with E-state index >= 15 is 0 Å². The molecule has 2 atom stereocenters. The standard InChI is InChI=1S/C17H20ClN5O2.ClH/c1-10(24)21-16-5-12(3-4-15(16)18)22-17(25)14-8-19-7-13(14)11-6-20-23(2)9-11;/h3-6,9,13-14,19H,7-8H2,1-2H3,(H,21,24)(H,22,25);1H/t13-,14+;/m1./s1. The first-order chi connectivity index (χ1) is 11.9.